The summed E-state index contributed by atoms with van der Waals surface area (Å²) < 4.78 is 0. The normalized spacial score (nSPS) is 24.1. The Morgan fingerprint density at radius 2 is 2.28 bits per heavy atom. The van der Waals surface area contributed by atoms with E-state index in [1.54, 1.807) is 12.1 Å². The van der Waals surface area contributed by atoms with E-state index in [-0.39, 0.29) is 16.7 Å². The molecule has 5 nitrogen and oxygen atoms in total. The number of halogens is 1. The number of rotatable bonds is 2. The first-order valence-corrected chi connectivity index (χ1v) is 6.32. The van der Waals surface area contributed by atoms with E-state index in [2.05, 4.69) is 6.92 Å². The molecule has 1 aromatic carbocycles. The van der Waals surface area contributed by atoms with Crippen LogP contribution < -0.4 is 10.6 Å². The van der Waals surface area contributed by atoms with Gasteiger partial charge in [0, 0.05) is 25.2 Å². The van der Waals surface area contributed by atoms with E-state index < -0.39 is 0 Å². The monoisotopic (exact) mass is 269 g/mol. The second-order valence-electron chi connectivity index (χ2n) is 4.74. The van der Waals surface area contributed by atoms with E-state index in [1.165, 1.54) is 6.07 Å². The van der Waals surface area contributed by atoms with Gasteiger partial charge in [-0.25, -0.2) is 0 Å². The third-order valence-electron chi connectivity index (χ3n) is 3.45. The molecule has 18 heavy (non-hydrogen) atoms. The Balaban J connectivity index is 2.36. The Hall–Kier alpha value is -1.33. The van der Waals surface area contributed by atoms with Gasteiger partial charge in [0.15, 0.2) is 0 Å². The molecular formula is C12H16ClN3O2. The number of anilines is 1. The van der Waals surface area contributed by atoms with Gasteiger partial charge in [0.1, 0.15) is 5.69 Å². The fourth-order valence-corrected chi connectivity index (χ4v) is 2.62. The zero-order chi connectivity index (χ0) is 13.3. The smallest absolute Gasteiger partial charge is 0.294 e. The number of para-hydroxylation sites is 1. The summed E-state index contributed by atoms with van der Waals surface area (Å²) in [7, 11) is 0. The van der Waals surface area contributed by atoms with Gasteiger partial charge < -0.3 is 10.6 Å². The van der Waals surface area contributed by atoms with Crippen molar-refractivity contribution in [3.8, 4) is 0 Å². The van der Waals surface area contributed by atoms with Gasteiger partial charge in [-0.3, -0.25) is 10.1 Å². The highest BCUT2D eigenvalue weighted by atomic mass is 35.5. The van der Waals surface area contributed by atoms with Crippen LogP contribution in [0.4, 0.5) is 11.4 Å². The van der Waals surface area contributed by atoms with Gasteiger partial charge in [0.2, 0.25) is 0 Å². The molecule has 2 N–H and O–H groups in total. The number of nitrogens with zero attached hydrogens (tertiary/aromatic N) is 2. The van der Waals surface area contributed by atoms with Gasteiger partial charge in [-0.05, 0) is 18.4 Å². The van der Waals surface area contributed by atoms with Crippen LogP contribution >= 0.6 is 11.6 Å². The topological polar surface area (TPSA) is 72.4 Å². The van der Waals surface area contributed by atoms with Crippen molar-refractivity contribution >= 4 is 23.0 Å². The van der Waals surface area contributed by atoms with Crippen LogP contribution in [0.2, 0.25) is 5.02 Å². The summed E-state index contributed by atoms with van der Waals surface area (Å²) in [6, 6.07) is 4.93. The molecule has 0 spiro atoms. The van der Waals surface area contributed by atoms with E-state index in [0.717, 1.165) is 6.42 Å². The van der Waals surface area contributed by atoms with Crippen LogP contribution in [0, 0.1) is 16.0 Å². The summed E-state index contributed by atoms with van der Waals surface area (Å²) >= 11 is 6.11. The highest BCUT2D eigenvalue weighted by Crippen LogP contribution is 2.37. The molecule has 1 heterocycles. The van der Waals surface area contributed by atoms with E-state index in [1.807, 2.05) is 4.90 Å². The fourth-order valence-electron chi connectivity index (χ4n) is 2.33. The Bertz CT molecular complexity index is 467. The second kappa shape index (κ2) is 5.12. The van der Waals surface area contributed by atoms with Crippen LogP contribution in [-0.4, -0.2) is 24.1 Å². The van der Waals surface area contributed by atoms with Gasteiger partial charge in [-0.1, -0.05) is 24.6 Å². The lowest BCUT2D eigenvalue weighted by Crippen LogP contribution is -2.46. The summed E-state index contributed by atoms with van der Waals surface area (Å²) in [6.07, 6.45) is 0.823. The van der Waals surface area contributed by atoms with E-state index in [9.17, 15) is 10.1 Å². The standard InChI is InChI=1S/C12H16ClN3O2/c1-8-7-15(6-5-10(8)14)12-9(13)3-2-4-11(12)16(17)18/h2-4,8,10H,5-7,14H2,1H3. The summed E-state index contributed by atoms with van der Waals surface area (Å²) in [5.41, 5.74) is 6.54. The molecule has 1 aliphatic heterocycles. The highest BCUT2D eigenvalue weighted by molar-refractivity contribution is 6.33. The summed E-state index contributed by atoms with van der Waals surface area (Å²) in [6.45, 7) is 3.46. The molecule has 1 aromatic rings. The van der Waals surface area contributed by atoms with Gasteiger partial charge in [-0.2, -0.15) is 0 Å². The molecule has 0 aliphatic carbocycles. The lowest BCUT2D eigenvalue weighted by atomic mass is 9.94. The minimum atomic E-state index is -0.388. The highest BCUT2D eigenvalue weighted by Gasteiger charge is 2.29. The first-order valence-electron chi connectivity index (χ1n) is 5.94. The second-order valence-corrected chi connectivity index (χ2v) is 5.15. The van der Waals surface area contributed by atoms with E-state index in [4.69, 9.17) is 17.3 Å². The molecule has 0 radical (unpaired) electrons. The minimum Gasteiger partial charge on any atom is -0.364 e. The van der Waals surface area contributed by atoms with Crippen LogP contribution in [-0.2, 0) is 0 Å². The molecule has 2 atom stereocenters. The largest absolute Gasteiger partial charge is 0.364 e. The minimum absolute atomic E-state index is 0.0603. The number of nitro benzene ring substituents is 1. The van der Waals surface area contributed by atoms with Crippen LogP contribution in [0.3, 0.4) is 0 Å². The van der Waals surface area contributed by atoms with Crippen molar-refractivity contribution in [3.63, 3.8) is 0 Å². The lowest BCUT2D eigenvalue weighted by molar-refractivity contribution is -0.384. The first-order chi connectivity index (χ1) is 8.50. The Labute approximate surface area is 111 Å². The zero-order valence-electron chi connectivity index (χ0n) is 10.2. The summed E-state index contributed by atoms with van der Waals surface area (Å²) in [5, 5.41) is 11.5. The molecule has 0 saturated carbocycles. The molecule has 0 aromatic heterocycles. The Morgan fingerprint density at radius 1 is 1.56 bits per heavy atom. The van der Waals surface area contributed by atoms with Crippen molar-refractivity contribution in [2.24, 2.45) is 11.7 Å². The van der Waals surface area contributed by atoms with Crippen molar-refractivity contribution in [2.75, 3.05) is 18.0 Å². The molecule has 1 aliphatic rings. The average molecular weight is 270 g/mol. The summed E-state index contributed by atoms with van der Waals surface area (Å²) in [5.74, 6) is 0.301. The molecule has 2 unspecified atom stereocenters. The van der Waals surface area contributed by atoms with Crippen LogP contribution in [0.15, 0.2) is 18.2 Å². The van der Waals surface area contributed by atoms with Crippen molar-refractivity contribution in [3.05, 3.63) is 33.3 Å². The number of nitro groups is 1. The van der Waals surface area contributed by atoms with Crippen molar-refractivity contribution in [1.82, 2.24) is 0 Å². The van der Waals surface area contributed by atoms with Gasteiger partial charge in [0.05, 0.1) is 9.95 Å². The maximum absolute atomic E-state index is 11.1. The number of hydrogen-bond acceptors (Lipinski definition) is 4. The number of nitrogens with two attached hydrogens (primary N) is 1. The molecule has 0 amide bonds. The third-order valence-corrected chi connectivity index (χ3v) is 3.76. The van der Waals surface area contributed by atoms with Crippen LogP contribution in [0.1, 0.15) is 13.3 Å². The molecule has 6 heteroatoms. The van der Waals surface area contributed by atoms with Gasteiger partial charge >= 0.3 is 0 Å². The van der Waals surface area contributed by atoms with E-state index >= 15 is 0 Å². The number of piperidine rings is 1. The first kappa shape index (κ1) is 13.1. The molecular weight excluding hydrogens is 254 g/mol. The molecule has 1 saturated heterocycles. The Kier molecular flexibility index (Phi) is 3.73. The van der Waals surface area contributed by atoms with E-state index in [0.29, 0.717) is 29.7 Å². The third kappa shape index (κ3) is 2.42. The Morgan fingerprint density at radius 3 is 2.89 bits per heavy atom. The molecule has 98 valence electrons. The predicted molar refractivity (Wildman–Crippen MR) is 72.1 cm³/mol. The van der Waals surface area contributed by atoms with Gasteiger partial charge in [0.25, 0.3) is 5.69 Å². The maximum Gasteiger partial charge on any atom is 0.294 e. The lowest BCUT2D eigenvalue weighted by Gasteiger charge is -2.36. The SMILES string of the molecule is CC1CN(c2c(Cl)cccc2[N+](=O)[O-])CCC1N. The maximum atomic E-state index is 11.1. The van der Waals surface area contributed by atoms with Crippen molar-refractivity contribution < 1.29 is 4.92 Å². The number of benzene rings is 1. The summed E-state index contributed by atoms with van der Waals surface area (Å²) in [4.78, 5) is 12.6. The molecule has 0 bridgehead atoms. The van der Waals surface area contributed by atoms with Crippen molar-refractivity contribution in [1.29, 1.82) is 0 Å². The van der Waals surface area contributed by atoms with Crippen molar-refractivity contribution in [2.45, 2.75) is 19.4 Å². The van der Waals surface area contributed by atoms with Gasteiger partial charge in [-0.15, -0.1) is 0 Å². The number of hydrogen-bond donors (Lipinski definition) is 1. The molecule has 1 fully saturated rings. The van der Waals surface area contributed by atoms with Crippen LogP contribution in [0.5, 0.6) is 0 Å². The fraction of sp³-hybridized carbons (Fsp3) is 0.500. The quantitative estimate of drug-likeness (QED) is 0.661. The average Bonchev–Trinajstić information content (AvgIpc) is 2.32. The van der Waals surface area contributed by atoms with Crippen LogP contribution in [0.25, 0.3) is 0 Å². The zero-order valence-corrected chi connectivity index (χ0v) is 10.9. The molecule has 2 rings (SSSR count). The predicted octanol–water partition coefficient (Wildman–Crippen LogP) is 2.42.